The average Bonchev–Trinajstić information content (AvgIpc) is 2.09. The minimum atomic E-state index is 0.473. The Balaban J connectivity index is 2.37. The molecule has 0 fully saturated rings. The van der Waals surface area contributed by atoms with Crippen molar-refractivity contribution in [1.82, 2.24) is 4.98 Å². The number of pyridine rings is 1. The van der Waals surface area contributed by atoms with Gasteiger partial charge in [0.15, 0.2) is 0 Å². The van der Waals surface area contributed by atoms with Crippen molar-refractivity contribution >= 4 is 11.6 Å². The maximum absolute atomic E-state index is 5.59. The lowest BCUT2D eigenvalue weighted by Crippen LogP contribution is -2.06. The molecule has 66 valence electrons. The summed E-state index contributed by atoms with van der Waals surface area (Å²) in [7, 11) is 0. The Kier molecular flexibility index (Phi) is 3.84. The number of nitrogens with two attached hydrogens (primary N) is 1. The van der Waals surface area contributed by atoms with E-state index < -0.39 is 0 Å². The Morgan fingerprint density at radius 3 is 2.92 bits per heavy atom. The minimum absolute atomic E-state index is 0.473. The van der Waals surface area contributed by atoms with Crippen molar-refractivity contribution in [2.75, 3.05) is 13.2 Å². The molecule has 4 heteroatoms. The average molecular weight is 187 g/mol. The first-order valence-electron chi connectivity index (χ1n) is 3.77. The monoisotopic (exact) mass is 186 g/mol. The summed E-state index contributed by atoms with van der Waals surface area (Å²) in [5, 5.41) is 0.473. The van der Waals surface area contributed by atoms with Gasteiger partial charge in [-0.05, 0) is 25.1 Å². The molecule has 1 aromatic heterocycles. The minimum Gasteiger partial charge on any atom is -0.492 e. The molecule has 3 nitrogen and oxygen atoms in total. The summed E-state index contributed by atoms with van der Waals surface area (Å²) < 4.78 is 5.30. The molecule has 0 saturated heterocycles. The first-order valence-corrected chi connectivity index (χ1v) is 4.15. The lowest BCUT2D eigenvalue weighted by atomic mass is 10.4. The van der Waals surface area contributed by atoms with E-state index in [1.807, 2.05) is 0 Å². The van der Waals surface area contributed by atoms with Crippen LogP contribution in [0.1, 0.15) is 6.42 Å². The van der Waals surface area contributed by atoms with Gasteiger partial charge < -0.3 is 10.5 Å². The van der Waals surface area contributed by atoms with Gasteiger partial charge in [0.2, 0.25) is 0 Å². The van der Waals surface area contributed by atoms with Crippen molar-refractivity contribution in [1.29, 1.82) is 0 Å². The zero-order chi connectivity index (χ0) is 8.81. The van der Waals surface area contributed by atoms with Crippen molar-refractivity contribution < 1.29 is 4.74 Å². The highest BCUT2D eigenvalue weighted by Crippen LogP contribution is 2.11. The lowest BCUT2D eigenvalue weighted by Gasteiger charge is -2.03. The van der Waals surface area contributed by atoms with Gasteiger partial charge in [-0.25, -0.2) is 4.98 Å². The predicted octanol–water partition coefficient (Wildman–Crippen LogP) is 1.46. The van der Waals surface area contributed by atoms with Crippen molar-refractivity contribution in [2.45, 2.75) is 6.42 Å². The number of hydrogen-bond donors (Lipinski definition) is 1. The first kappa shape index (κ1) is 9.29. The Hall–Kier alpha value is -0.800. The van der Waals surface area contributed by atoms with Gasteiger partial charge in [-0.1, -0.05) is 11.6 Å². The van der Waals surface area contributed by atoms with Crippen LogP contribution in [-0.4, -0.2) is 18.1 Å². The maximum atomic E-state index is 5.59. The molecule has 0 saturated carbocycles. The van der Waals surface area contributed by atoms with Crippen LogP contribution in [0.25, 0.3) is 0 Å². The van der Waals surface area contributed by atoms with Gasteiger partial charge in [-0.3, -0.25) is 0 Å². The van der Waals surface area contributed by atoms with E-state index in [1.54, 1.807) is 18.3 Å². The van der Waals surface area contributed by atoms with E-state index >= 15 is 0 Å². The fourth-order valence-corrected chi connectivity index (χ4v) is 0.833. The van der Waals surface area contributed by atoms with E-state index in [2.05, 4.69) is 4.98 Å². The standard InChI is InChI=1S/C8H11ClN2O/c9-8-3-2-7(6-11-8)12-5-1-4-10/h2-3,6H,1,4-5,10H2. The highest BCUT2D eigenvalue weighted by molar-refractivity contribution is 6.29. The predicted molar refractivity (Wildman–Crippen MR) is 48.4 cm³/mol. The van der Waals surface area contributed by atoms with Gasteiger partial charge in [-0.2, -0.15) is 0 Å². The first-order chi connectivity index (χ1) is 5.83. The molecule has 1 heterocycles. The third kappa shape index (κ3) is 3.07. The number of rotatable bonds is 4. The Bertz CT molecular complexity index is 225. The molecule has 0 aliphatic carbocycles. The summed E-state index contributed by atoms with van der Waals surface area (Å²) in [5.41, 5.74) is 5.30. The van der Waals surface area contributed by atoms with Crippen molar-refractivity contribution in [3.63, 3.8) is 0 Å². The van der Waals surface area contributed by atoms with Gasteiger partial charge in [0.05, 0.1) is 12.8 Å². The molecule has 0 radical (unpaired) electrons. The van der Waals surface area contributed by atoms with Crippen LogP contribution < -0.4 is 10.5 Å². The van der Waals surface area contributed by atoms with E-state index in [9.17, 15) is 0 Å². The summed E-state index contributed by atoms with van der Waals surface area (Å²) in [5.74, 6) is 0.729. The second-order valence-electron chi connectivity index (χ2n) is 2.31. The van der Waals surface area contributed by atoms with E-state index in [0.29, 0.717) is 18.3 Å². The number of hydrogen-bond acceptors (Lipinski definition) is 3. The summed E-state index contributed by atoms with van der Waals surface area (Å²) in [4.78, 5) is 3.87. The zero-order valence-corrected chi connectivity index (χ0v) is 7.42. The van der Waals surface area contributed by atoms with Crippen LogP contribution >= 0.6 is 11.6 Å². The van der Waals surface area contributed by atoms with Crippen LogP contribution in [0.2, 0.25) is 5.15 Å². The second-order valence-corrected chi connectivity index (χ2v) is 2.69. The van der Waals surface area contributed by atoms with Gasteiger partial charge in [0.1, 0.15) is 10.9 Å². The molecule has 0 unspecified atom stereocenters. The molecular weight excluding hydrogens is 176 g/mol. The van der Waals surface area contributed by atoms with E-state index in [-0.39, 0.29) is 0 Å². The Labute approximate surface area is 76.5 Å². The Morgan fingerprint density at radius 2 is 2.33 bits per heavy atom. The molecule has 0 bridgehead atoms. The second kappa shape index (κ2) is 4.95. The van der Waals surface area contributed by atoms with Crippen LogP contribution in [0.15, 0.2) is 18.3 Å². The molecule has 0 amide bonds. The SMILES string of the molecule is NCCCOc1ccc(Cl)nc1. The fourth-order valence-electron chi connectivity index (χ4n) is 0.721. The Morgan fingerprint density at radius 1 is 1.50 bits per heavy atom. The van der Waals surface area contributed by atoms with Gasteiger partial charge in [0, 0.05) is 0 Å². The van der Waals surface area contributed by atoms with Crippen LogP contribution in [0, 0.1) is 0 Å². The maximum Gasteiger partial charge on any atom is 0.137 e. The van der Waals surface area contributed by atoms with Crippen LogP contribution in [0.5, 0.6) is 5.75 Å². The molecule has 0 spiro atoms. The molecule has 2 N–H and O–H groups in total. The normalized spacial score (nSPS) is 9.83. The molecule has 12 heavy (non-hydrogen) atoms. The zero-order valence-electron chi connectivity index (χ0n) is 6.66. The fraction of sp³-hybridized carbons (Fsp3) is 0.375. The molecule has 0 aliphatic heterocycles. The number of nitrogens with zero attached hydrogens (tertiary/aromatic N) is 1. The van der Waals surface area contributed by atoms with Crippen LogP contribution in [-0.2, 0) is 0 Å². The van der Waals surface area contributed by atoms with Gasteiger partial charge in [-0.15, -0.1) is 0 Å². The van der Waals surface area contributed by atoms with E-state index in [1.165, 1.54) is 0 Å². The summed E-state index contributed by atoms with van der Waals surface area (Å²) in [6, 6.07) is 3.48. The van der Waals surface area contributed by atoms with Crippen LogP contribution in [0.3, 0.4) is 0 Å². The number of halogens is 1. The quantitative estimate of drug-likeness (QED) is 0.572. The molecule has 0 aromatic carbocycles. The highest BCUT2D eigenvalue weighted by atomic mass is 35.5. The summed E-state index contributed by atoms with van der Waals surface area (Å²) >= 11 is 5.59. The topological polar surface area (TPSA) is 48.1 Å². The highest BCUT2D eigenvalue weighted by Gasteiger charge is 1.93. The lowest BCUT2D eigenvalue weighted by molar-refractivity contribution is 0.312. The van der Waals surface area contributed by atoms with Gasteiger partial charge >= 0.3 is 0 Å². The summed E-state index contributed by atoms with van der Waals surface area (Å²) in [6.45, 7) is 1.26. The van der Waals surface area contributed by atoms with Crippen molar-refractivity contribution in [2.24, 2.45) is 5.73 Å². The largest absolute Gasteiger partial charge is 0.492 e. The van der Waals surface area contributed by atoms with Gasteiger partial charge in [0.25, 0.3) is 0 Å². The number of aromatic nitrogens is 1. The van der Waals surface area contributed by atoms with E-state index in [4.69, 9.17) is 22.1 Å². The summed E-state index contributed by atoms with van der Waals surface area (Å²) in [6.07, 6.45) is 2.45. The molecule has 1 aromatic rings. The molecule has 0 aliphatic rings. The third-order valence-electron chi connectivity index (χ3n) is 1.32. The van der Waals surface area contributed by atoms with Crippen molar-refractivity contribution in [3.05, 3.63) is 23.5 Å². The third-order valence-corrected chi connectivity index (χ3v) is 1.54. The van der Waals surface area contributed by atoms with Crippen molar-refractivity contribution in [3.8, 4) is 5.75 Å². The molecule has 0 atom stereocenters. The van der Waals surface area contributed by atoms with Crippen LogP contribution in [0.4, 0.5) is 0 Å². The number of ether oxygens (including phenoxy) is 1. The molecular formula is C8H11ClN2O. The molecule has 1 rings (SSSR count). The smallest absolute Gasteiger partial charge is 0.137 e. The van der Waals surface area contributed by atoms with E-state index in [0.717, 1.165) is 12.2 Å².